The number of halogens is 2. The first-order valence-corrected chi connectivity index (χ1v) is 7.53. The van der Waals surface area contributed by atoms with Crippen LogP contribution < -0.4 is 5.32 Å². The van der Waals surface area contributed by atoms with Gasteiger partial charge in [-0.15, -0.1) is 0 Å². The van der Waals surface area contributed by atoms with Crippen LogP contribution in [0.5, 0.6) is 5.88 Å². The molecule has 2 aromatic heterocycles. The lowest BCUT2D eigenvalue weighted by atomic mass is 10.1. The second-order valence-corrected chi connectivity index (χ2v) is 5.61. The molecule has 0 fully saturated rings. The molecule has 2 N–H and O–H groups in total. The highest BCUT2D eigenvalue weighted by atomic mass is 35.5. The molecular weight excluding hydrogens is 319 g/mol. The van der Waals surface area contributed by atoms with E-state index in [0.717, 1.165) is 16.6 Å². The number of aromatic nitrogens is 3. The summed E-state index contributed by atoms with van der Waals surface area (Å²) in [6, 6.07) is 5.59. The average Bonchev–Trinajstić information content (AvgIpc) is 2.77. The molecule has 0 aliphatic rings. The molecule has 0 saturated heterocycles. The maximum absolute atomic E-state index is 12.7. The highest BCUT2D eigenvalue weighted by molar-refractivity contribution is 6.28. The van der Waals surface area contributed by atoms with E-state index in [2.05, 4.69) is 15.3 Å². The lowest BCUT2D eigenvalue weighted by Gasteiger charge is -2.10. The first kappa shape index (κ1) is 15.6. The summed E-state index contributed by atoms with van der Waals surface area (Å²) < 4.78 is 14.3. The molecule has 0 unspecified atom stereocenters. The van der Waals surface area contributed by atoms with Crippen LogP contribution in [0.2, 0.25) is 5.28 Å². The van der Waals surface area contributed by atoms with Crippen molar-refractivity contribution >= 4 is 33.9 Å². The van der Waals surface area contributed by atoms with Crippen molar-refractivity contribution < 1.29 is 9.50 Å². The van der Waals surface area contributed by atoms with Crippen molar-refractivity contribution in [2.24, 2.45) is 0 Å². The van der Waals surface area contributed by atoms with E-state index in [9.17, 15) is 9.50 Å². The van der Waals surface area contributed by atoms with Gasteiger partial charge < -0.3 is 15.0 Å². The lowest BCUT2D eigenvalue weighted by molar-refractivity contribution is 0.383. The summed E-state index contributed by atoms with van der Waals surface area (Å²) in [5.74, 6) is 0.601. The van der Waals surface area contributed by atoms with E-state index >= 15 is 0 Å². The lowest BCUT2D eigenvalue weighted by Crippen LogP contribution is -2.00. The van der Waals surface area contributed by atoms with Crippen molar-refractivity contribution in [1.82, 2.24) is 14.5 Å². The van der Waals surface area contributed by atoms with Crippen LogP contribution in [0.4, 0.5) is 15.9 Å². The zero-order valence-electron chi connectivity index (χ0n) is 12.8. The summed E-state index contributed by atoms with van der Waals surface area (Å²) in [6.07, 6.45) is 1.62. The summed E-state index contributed by atoms with van der Waals surface area (Å²) in [5, 5.41) is 15.3. The highest BCUT2D eigenvalue weighted by Gasteiger charge is 2.17. The Bertz CT molecular complexity index is 878. The van der Waals surface area contributed by atoms with Crippen molar-refractivity contribution in [3.05, 3.63) is 40.9 Å². The van der Waals surface area contributed by atoms with Gasteiger partial charge in [0.05, 0.1) is 17.6 Å². The Morgan fingerprint density at radius 2 is 2.13 bits per heavy atom. The Labute approximate surface area is 137 Å². The summed E-state index contributed by atoms with van der Waals surface area (Å²) in [4.78, 5) is 8.09. The average molecular weight is 335 g/mol. The van der Waals surface area contributed by atoms with Crippen LogP contribution >= 0.6 is 11.6 Å². The predicted octanol–water partition coefficient (Wildman–Crippen LogP) is 4.12. The molecule has 5 nitrogen and oxygen atoms in total. The van der Waals surface area contributed by atoms with Gasteiger partial charge in [0.1, 0.15) is 12.5 Å². The number of nitrogens with zero attached hydrogens (tertiary/aromatic N) is 3. The number of nitrogens with one attached hydrogen (secondary N) is 1. The normalized spacial score (nSPS) is 11.1. The van der Waals surface area contributed by atoms with Crippen LogP contribution in [0.1, 0.15) is 11.3 Å². The topological polar surface area (TPSA) is 63.0 Å². The summed E-state index contributed by atoms with van der Waals surface area (Å²) in [7, 11) is 0. The number of anilines is 2. The maximum Gasteiger partial charge on any atom is 0.224 e. The smallest absolute Gasteiger partial charge is 0.224 e. The number of hydrogen-bond acceptors (Lipinski definition) is 4. The molecule has 0 atom stereocenters. The Kier molecular flexibility index (Phi) is 4.09. The summed E-state index contributed by atoms with van der Waals surface area (Å²) in [6.45, 7) is 3.29. The van der Waals surface area contributed by atoms with Gasteiger partial charge in [-0.05, 0) is 31.5 Å². The molecule has 0 amide bonds. The standard InChI is InChI=1S/C16H16ClFN4O/c1-9-8-19-16(17)21-14(9)20-12-5-3-4-11-10(2)22(7-6-18)15(23)13(11)12/h3-5,8,23H,6-7H2,1-2H3,(H,19,20,21). The number of rotatable bonds is 4. The number of aromatic hydroxyl groups is 1. The van der Waals surface area contributed by atoms with Gasteiger partial charge in [-0.25, -0.2) is 14.4 Å². The number of benzene rings is 1. The van der Waals surface area contributed by atoms with Crippen LogP contribution in [-0.4, -0.2) is 26.3 Å². The van der Waals surface area contributed by atoms with E-state index in [1.165, 1.54) is 0 Å². The number of hydrogen-bond donors (Lipinski definition) is 2. The van der Waals surface area contributed by atoms with Crippen LogP contribution in [0.15, 0.2) is 24.4 Å². The zero-order valence-corrected chi connectivity index (χ0v) is 13.5. The van der Waals surface area contributed by atoms with E-state index in [1.54, 1.807) is 10.8 Å². The second-order valence-electron chi connectivity index (χ2n) is 5.27. The van der Waals surface area contributed by atoms with Crippen molar-refractivity contribution in [2.45, 2.75) is 20.4 Å². The Balaban J connectivity index is 2.15. The van der Waals surface area contributed by atoms with Crippen molar-refractivity contribution in [1.29, 1.82) is 0 Å². The Hall–Kier alpha value is -2.34. The van der Waals surface area contributed by atoms with Gasteiger partial charge in [-0.2, -0.15) is 0 Å². The molecule has 0 aliphatic carbocycles. The monoisotopic (exact) mass is 334 g/mol. The molecule has 23 heavy (non-hydrogen) atoms. The van der Waals surface area contributed by atoms with Crippen molar-refractivity contribution in [2.75, 3.05) is 12.0 Å². The fourth-order valence-electron chi connectivity index (χ4n) is 2.67. The molecule has 0 spiro atoms. The third kappa shape index (κ3) is 2.70. The minimum Gasteiger partial charge on any atom is -0.494 e. The summed E-state index contributed by atoms with van der Waals surface area (Å²) in [5.41, 5.74) is 2.32. The van der Waals surface area contributed by atoms with Crippen molar-refractivity contribution in [3.63, 3.8) is 0 Å². The van der Waals surface area contributed by atoms with Crippen LogP contribution in [0.3, 0.4) is 0 Å². The molecule has 0 saturated carbocycles. The van der Waals surface area contributed by atoms with Crippen LogP contribution in [0.25, 0.3) is 10.8 Å². The zero-order chi connectivity index (χ0) is 16.6. The van der Waals surface area contributed by atoms with E-state index in [4.69, 9.17) is 11.6 Å². The van der Waals surface area contributed by atoms with Gasteiger partial charge in [0.25, 0.3) is 0 Å². The first-order valence-electron chi connectivity index (χ1n) is 7.16. The Morgan fingerprint density at radius 1 is 1.35 bits per heavy atom. The number of fused-ring (bicyclic) bond motifs is 1. The van der Waals surface area contributed by atoms with E-state index in [1.807, 2.05) is 32.0 Å². The number of alkyl halides is 1. The van der Waals surface area contributed by atoms with Gasteiger partial charge in [0.2, 0.25) is 11.2 Å². The maximum atomic E-state index is 12.7. The number of aryl methyl sites for hydroxylation is 2. The molecule has 0 aliphatic heterocycles. The molecule has 120 valence electrons. The molecule has 0 bridgehead atoms. The quantitative estimate of drug-likeness (QED) is 0.704. The van der Waals surface area contributed by atoms with Gasteiger partial charge >= 0.3 is 0 Å². The van der Waals surface area contributed by atoms with Crippen LogP contribution in [0, 0.1) is 13.8 Å². The minimum atomic E-state index is -0.543. The predicted molar refractivity (Wildman–Crippen MR) is 89.4 cm³/mol. The van der Waals surface area contributed by atoms with Crippen molar-refractivity contribution in [3.8, 4) is 5.88 Å². The van der Waals surface area contributed by atoms with Gasteiger partial charge in [-0.1, -0.05) is 12.1 Å². The van der Waals surface area contributed by atoms with Gasteiger partial charge in [0.15, 0.2) is 0 Å². The first-order chi connectivity index (χ1) is 11.0. The van der Waals surface area contributed by atoms with Gasteiger partial charge in [-0.3, -0.25) is 0 Å². The molecule has 1 aromatic carbocycles. The SMILES string of the molecule is Cc1cnc(Cl)nc1Nc1cccc2c(C)n(CCF)c(O)c12. The summed E-state index contributed by atoms with van der Waals surface area (Å²) >= 11 is 5.85. The molecule has 3 aromatic rings. The fraction of sp³-hybridized carbons (Fsp3) is 0.250. The molecule has 2 heterocycles. The fourth-order valence-corrected chi connectivity index (χ4v) is 2.80. The van der Waals surface area contributed by atoms with E-state index in [-0.39, 0.29) is 17.7 Å². The molecular formula is C16H16ClFN4O. The highest BCUT2D eigenvalue weighted by Crippen LogP contribution is 2.37. The molecule has 7 heteroatoms. The van der Waals surface area contributed by atoms with E-state index in [0.29, 0.717) is 16.9 Å². The second kappa shape index (κ2) is 6.04. The Morgan fingerprint density at radius 3 is 2.87 bits per heavy atom. The van der Waals surface area contributed by atoms with Crippen LogP contribution in [-0.2, 0) is 6.54 Å². The van der Waals surface area contributed by atoms with E-state index < -0.39 is 6.67 Å². The molecule has 3 rings (SSSR count). The largest absolute Gasteiger partial charge is 0.494 e. The minimum absolute atomic E-state index is 0.0380. The third-order valence-electron chi connectivity index (χ3n) is 3.84. The van der Waals surface area contributed by atoms with Gasteiger partial charge in [0, 0.05) is 22.8 Å². The molecule has 0 radical (unpaired) electrons. The third-order valence-corrected chi connectivity index (χ3v) is 4.02.